The van der Waals surface area contributed by atoms with Crippen molar-refractivity contribution in [1.82, 2.24) is 4.90 Å². The fourth-order valence-corrected chi connectivity index (χ4v) is 4.48. The van der Waals surface area contributed by atoms with Crippen molar-refractivity contribution in [3.63, 3.8) is 0 Å². The third-order valence-corrected chi connectivity index (χ3v) is 6.65. The van der Waals surface area contributed by atoms with E-state index in [2.05, 4.69) is 48.2 Å². The lowest BCUT2D eigenvalue weighted by atomic mass is 10.1. The molecule has 0 aromatic heterocycles. The summed E-state index contributed by atoms with van der Waals surface area (Å²) < 4.78 is 5.26. The summed E-state index contributed by atoms with van der Waals surface area (Å²) in [7, 11) is 1.69. The number of rotatable bonds is 8. The first-order valence-corrected chi connectivity index (χ1v) is 11.3. The van der Waals surface area contributed by atoms with E-state index in [4.69, 9.17) is 4.74 Å². The number of nitrogens with one attached hydrogen (secondary N) is 2. The minimum atomic E-state index is 0.320. The molecule has 0 spiro atoms. The largest absolute Gasteiger partial charge is 0.497 e. The Balaban J connectivity index is 1.28. The Kier molecular flexibility index (Phi) is 6.70. The van der Waals surface area contributed by atoms with E-state index in [0.717, 1.165) is 45.0 Å². The minimum Gasteiger partial charge on any atom is -0.497 e. The van der Waals surface area contributed by atoms with E-state index in [0.29, 0.717) is 18.5 Å². The highest BCUT2D eigenvalue weighted by Crippen LogP contribution is 2.17. The van der Waals surface area contributed by atoms with Crippen molar-refractivity contribution in [1.29, 1.82) is 0 Å². The Hall–Kier alpha value is -2.37. The summed E-state index contributed by atoms with van der Waals surface area (Å²) in [4.78, 5) is 18.1. The summed E-state index contributed by atoms with van der Waals surface area (Å²) >= 11 is 0. The number of benzene rings is 2. The molecule has 4 rings (SSSR count). The smallest absolute Gasteiger partial charge is 0.278 e. The van der Waals surface area contributed by atoms with E-state index in [9.17, 15) is 4.79 Å². The second-order valence-electron chi connectivity index (χ2n) is 8.87. The number of ether oxygens (including phenoxy) is 1. The van der Waals surface area contributed by atoms with Crippen LogP contribution in [0.15, 0.2) is 48.5 Å². The van der Waals surface area contributed by atoms with Crippen LogP contribution in [0.5, 0.6) is 5.75 Å². The van der Waals surface area contributed by atoms with Crippen molar-refractivity contribution in [2.75, 3.05) is 39.8 Å². The van der Waals surface area contributed by atoms with Gasteiger partial charge in [0.15, 0.2) is 6.54 Å². The molecule has 2 aromatic rings. The lowest BCUT2D eigenvalue weighted by Gasteiger charge is -2.33. The number of carbonyl (C=O) groups excluding carboxylic acids is 1. The lowest BCUT2D eigenvalue weighted by molar-refractivity contribution is -0.920. The fraction of sp³-hybridized carbons (Fsp3) is 0.480. The molecule has 0 radical (unpaired) electrons. The van der Waals surface area contributed by atoms with Crippen LogP contribution in [0.4, 0.5) is 0 Å². The van der Waals surface area contributed by atoms with E-state index >= 15 is 0 Å². The van der Waals surface area contributed by atoms with Crippen LogP contribution in [0.3, 0.4) is 0 Å². The van der Waals surface area contributed by atoms with Crippen molar-refractivity contribution in [3.05, 3.63) is 65.2 Å². The van der Waals surface area contributed by atoms with Crippen LogP contribution in [-0.2, 0) is 17.9 Å². The maximum atomic E-state index is 13.0. The summed E-state index contributed by atoms with van der Waals surface area (Å²) in [5, 5.41) is 0. The molecule has 1 heterocycles. The van der Waals surface area contributed by atoms with Gasteiger partial charge in [0.05, 0.1) is 39.3 Å². The molecule has 5 heteroatoms. The molecule has 0 bridgehead atoms. The van der Waals surface area contributed by atoms with E-state index in [1.54, 1.807) is 12.0 Å². The number of methoxy groups -OCH3 is 1. The van der Waals surface area contributed by atoms with Crippen LogP contribution in [0.2, 0.25) is 0 Å². The summed E-state index contributed by atoms with van der Waals surface area (Å²) in [5.74, 6) is 1.20. The van der Waals surface area contributed by atoms with Crippen molar-refractivity contribution in [2.45, 2.75) is 38.9 Å². The monoisotopic (exact) mass is 409 g/mol. The number of amides is 1. The number of carbonyl (C=O) groups is 1. The quantitative estimate of drug-likeness (QED) is 0.666. The number of nitrogens with zero attached hydrogens (tertiary/aromatic N) is 1. The van der Waals surface area contributed by atoms with Crippen LogP contribution in [0, 0.1) is 6.92 Å². The van der Waals surface area contributed by atoms with Crippen molar-refractivity contribution in [3.8, 4) is 5.75 Å². The Morgan fingerprint density at radius 1 is 1.10 bits per heavy atom. The Morgan fingerprint density at radius 2 is 1.80 bits per heavy atom. The number of aryl methyl sites for hydroxylation is 1. The van der Waals surface area contributed by atoms with Gasteiger partial charge in [-0.15, -0.1) is 0 Å². The van der Waals surface area contributed by atoms with E-state index in [1.807, 2.05) is 12.1 Å². The second kappa shape index (κ2) is 9.63. The Labute approximate surface area is 180 Å². The zero-order valence-corrected chi connectivity index (χ0v) is 18.3. The van der Waals surface area contributed by atoms with Gasteiger partial charge in [0.1, 0.15) is 18.8 Å². The molecule has 1 unspecified atom stereocenters. The molecule has 5 nitrogen and oxygen atoms in total. The zero-order valence-electron chi connectivity index (χ0n) is 18.3. The molecule has 160 valence electrons. The molecular weight excluding hydrogens is 374 g/mol. The predicted molar refractivity (Wildman–Crippen MR) is 118 cm³/mol. The predicted octanol–water partition coefficient (Wildman–Crippen LogP) is 0.478. The highest BCUT2D eigenvalue weighted by molar-refractivity contribution is 5.77. The van der Waals surface area contributed by atoms with Crippen LogP contribution in [-0.4, -0.2) is 56.7 Å². The molecular formula is C25H35N3O2+2. The topological polar surface area (TPSA) is 38.4 Å². The van der Waals surface area contributed by atoms with Crippen LogP contribution < -0.4 is 14.5 Å². The summed E-state index contributed by atoms with van der Waals surface area (Å²) in [6.45, 7) is 8.61. The number of hydrogen-bond acceptors (Lipinski definition) is 2. The van der Waals surface area contributed by atoms with E-state index in [1.165, 1.54) is 34.4 Å². The Morgan fingerprint density at radius 3 is 2.43 bits per heavy atom. The second-order valence-corrected chi connectivity index (χ2v) is 8.87. The first kappa shape index (κ1) is 20.9. The first-order chi connectivity index (χ1) is 14.6. The Bertz CT molecular complexity index is 840. The molecule has 2 aliphatic rings. The average molecular weight is 410 g/mol. The van der Waals surface area contributed by atoms with Gasteiger partial charge in [0, 0.05) is 24.0 Å². The highest BCUT2D eigenvalue weighted by atomic mass is 16.5. The molecule has 2 aromatic carbocycles. The molecule has 2 N–H and O–H groups in total. The molecule has 1 amide bonds. The number of hydrogen-bond donors (Lipinski definition) is 2. The van der Waals surface area contributed by atoms with Gasteiger partial charge in [0.25, 0.3) is 5.91 Å². The standard InChI is InChI=1S/C25H33N3O2/c1-20-5-3-4-6-22(20)18-26-13-15-27(16-14-26)25(29)19-28(23-9-10-23)17-21-7-11-24(30-2)12-8-21/h3-8,11-12,23H,9-10,13-19H2,1-2H3/p+2. The van der Waals surface area contributed by atoms with Crippen LogP contribution in [0.25, 0.3) is 0 Å². The van der Waals surface area contributed by atoms with Gasteiger partial charge < -0.3 is 19.4 Å². The van der Waals surface area contributed by atoms with Gasteiger partial charge in [-0.25, -0.2) is 0 Å². The summed E-state index contributed by atoms with van der Waals surface area (Å²) in [6.07, 6.45) is 2.49. The van der Waals surface area contributed by atoms with E-state index < -0.39 is 0 Å². The van der Waals surface area contributed by atoms with Crippen LogP contribution in [0.1, 0.15) is 29.5 Å². The lowest BCUT2D eigenvalue weighted by Crippen LogP contribution is -3.14. The van der Waals surface area contributed by atoms with Gasteiger partial charge in [-0.05, 0) is 36.8 Å². The first-order valence-electron chi connectivity index (χ1n) is 11.3. The van der Waals surface area contributed by atoms with Gasteiger partial charge in [0.2, 0.25) is 0 Å². The third kappa shape index (κ3) is 5.41. The van der Waals surface area contributed by atoms with Gasteiger partial charge >= 0.3 is 0 Å². The van der Waals surface area contributed by atoms with E-state index in [-0.39, 0.29) is 0 Å². The molecule has 1 saturated carbocycles. The van der Waals surface area contributed by atoms with Crippen LogP contribution >= 0.6 is 0 Å². The normalized spacial score (nSPS) is 18.3. The zero-order chi connectivity index (χ0) is 20.9. The summed E-state index contributed by atoms with van der Waals surface area (Å²) in [5.41, 5.74) is 4.07. The highest BCUT2D eigenvalue weighted by Gasteiger charge is 2.36. The van der Waals surface area contributed by atoms with Gasteiger partial charge in [-0.2, -0.15) is 0 Å². The molecule has 1 aliphatic carbocycles. The van der Waals surface area contributed by atoms with Crippen molar-refractivity contribution in [2.24, 2.45) is 0 Å². The molecule has 1 saturated heterocycles. The number of piperazine rings is 1. The van der Waals surface area contributed by atoms with Crippen molar-refractivity contribution >= 4 is 5.91 Å². The number of quaternary nitrogens is 2. The molecule has 2 fully saturated rings. The minimum absolute atomic E-state index is 0.320. The van der Waals surface area contributed by atoms with Gasteiger partial charge in [-0.3, -0.25) is 4.79 Å². The SMILES string of the molecule is COc1ccc(C[NH+](CC(=O)N2CC[NH+](Cc3ccccc3C)CC2)C2CC2)cc1. The van der Waals surface area contributed by atoms with Gasteiger partial charge in [-0.1, -0.05) is 24.3 Å². The molecule has 1 atom stereocenters. The molecule has 30 heavy (non-hydrogen) atoms. The summed E-state index contributed by atoms with van der Waals surface area (Å²) in [6, 6.07) is 17.6. The third-order valence-electron chi connectivity index (χ3n) is 6.65. The maximum Gasteiger partial charge on any atom is 0.278 e. The van der Waals surface area contributed by atoms with Crippen molar-refractivity contribution < 1.29 is 19.3 Å². The average Bonchev–Trinajstić information content (AvgIpc) is 3.61. The fourth-order valence-electron chi connectivity index (χ4n) is 4.48. The molecule has 1 aliphatic heterocycles. The maximum absolute atomic E-state index is 13.0.